The van der Waals surface area contributed by atoms with Crippen LogP contribution in [-0.2, 0) is 0 Å². The number of carbonyl (C=O) groups excluding carboxylic acids is 1. The van der Waals surface area contributed by atoms with Gasteiger partial charge in [-0.15, -0.1) is 0 Å². The van der Waals surface area contributed by atoms with Crippen LogP contribution in [0.15, 0.2) is 48.7 Å². The van der Waals surface area contributed by atoms with Crippen LogP contribution in [0.4, 0.5) is 0 Å². The zero-order valence-corrected chi connectivity index (χ0v) is 13.2. The first-order valence-electron chi connectivity index (χ1n) is 7.71. The minimum absolute atomic E-state index is 0.0290. The number of carbonyl (C=O) groups is 1. The number of nitrogens with one attached hydrogen (secondary N) is 2. The van der Waals surface area contributed by atoms with E-state index in [1.54, 1.807) is 6.20 Å². The lowest BCUT2D eigenvalue weighted by Gasteiger charge is -2.17. The summed E-state index contributed by atoms with van der Waals surface area (Å²) in [5.74, 6) is 0.368. The first-order chi connectivity index (χ1) is 11.2. The van der Waals surface area contributed by atoms with E-state index in [2.05, 4.69) is 15.3 Å². The lowest BCUT2D eigenvalue weighted by Crippen LogP contribution is -2.30. The predicted octanol–water partition coefficient (Wildman–Crippen LogP) is 4.10. The molecule has 0 bridgehead atoms. The van der Waals surface area contributed by atoms with Crippen molar-refractivity contribution in [2.75, 3.05) is 0 Å². The first kappa shape index (κ1) is 14.3. The van der Waals surface area contributed by atoms with Crippen LogP contribution in [0.2, 0.25) is 5.02 Å². The Hall–Kier alpha value is -2.33. The van der Waals surface area contributed by atoms with E-state index >= 15 is 0 Å². The minimum atomic E-state index is -0.111. The molecule has 23 heavy (non-hydrogen) atoms. The van der Waals surface area contributed by atoms with Crippen LogP contribution in [0.5, 0.6) is 0 Å². The summed E-state index contributed by atoms with van der Waals surface area (Å²) in [6, 6.07) is 13.1. The molecule has 0 aliphatic heterocycles. The highest BCUT2D eigenvalue weighted by atomic mass is 35.5. The van der Waals surface area contributed by atoms with Gasteiger partial charge in [-0.2, -0.15) is 0 Å². The number of aromatic nitrogens is 2. The van der Waals surface area contributed by atoms with Gasteiger partial charge < -0.3 is 10.3 Å². The number of H-pyrrole nitrogens is 1. The Bertz CT molecular complexity index is 855. The number of benzene rings is 1. The van der Waals surface area contributed by atoms with Gasteiger partial charge in [-0.3, -0.25) is 9.78 Å². The molecule has 4 rings (SSSR count). The summed E-state index contributed by atoms with van der Waals surface area (Å²) in [5.41, 5.74) is 2.37. The van der Waals surface area contributed by atoms with Crippen LogP contribution in [0.3, 0.4) is 0 Å². The lowest BCUT2D eigenvalue weighted by molar-refractivity contribution is 0.0926. The number of fused-ring (bicyclic) bond motifs is 1. The van der Waals surface area contributed by atoms with Crippen molar-refractivity contribution in [1.82, 2.24) is 15.3 Å². The number of hydrogen-bond acceptors (Lipinski definition) is 2. The highest BCUT2D eigenvalue weighted by Gasteiger charge is 2.34. The molecule has 1 aliphatic rings. The summed E-state index contributed by atoms with van der Waals surface area (Å²) >= 11 is 6.00. The summed E-state index contributed by atoms with van der Waals surface area (Å²) in [4.78, 5) is 20.2. The summed E-state index contributed by atoms with van der Waals surface area (Å²) in [6.07, 6.45) is 4.02. The Balaban J connectivity index is 1.59. The second-order valence-electron chi connectivity index (χ2n) is 5.96. The molecule has 1 amide bonds. The Kier molecular flexibility index (Phi) is 3.54. The molecule has 4 nitrogen and oxygen atoms in total. The maximum atomic E-state index is 12.6. The minimum Gasteiger partial charge on any atom is -0.351 e. The molecule has 2 aromatic heterocycles. The van der Waals surface area contributed by atoms with E-state index in [0.717, 1.165) is 29.4 Å². The first-order valence-corrected chi connectivity index (χ1v) is 8.08. The Morgan fingerprint density at radius 3 is 2.87 bits per heavy atom. The summed E-state index contributed by atoms with van der Waals surface area (Å²) in [5, 5.41) is 4.72. The van der Waals surface area contributed by atoms with Crippen LogP contribution in [-0.4, -0.2) is 15.9 Å². The molecule has 5 heteroatoms. The molecular weight excluding hydrogens is 310 g/mol. The molecule has 3 aromatic rings. The number of pyridine rings is 1. The Labute approximate surface area is 138 Å². The number of amides is 1. The smallest absolute Gasteiger partial charge is 0.268 e. The van der Waals surface area contributed by atoms with Gasteiger partial charge in [0.25, 0.3) is 5.91 Å². The van der Waals surface area contributed by atoms with Crippen LogP contribution < -0.4 is 5.32 Å². The van der Waals surface area contributed by atoms with E-state index in [0.29, 0.717) is 16.6 Å². The van der Waals surface area contributed by atoms with Gasteiger partial charge in [0, 0.05) is 22.1 Å². The number of halogens is 1. The van der Waals surface area contributed by atoms with E-state index in [1.165, 1.54) is 0 Å². The maximum absolute atomic E-state index is 12.6. The zero-order chi connectivity index (χ0) is 15.8. The molecule has 1 saturated carbocycles. The normalized spacial score (nSPS) is 15.5. The number of hydrogen-bond donors (Lipinski definition) is 2. The number of aromatic amines is 1. The molecule has 0 saturated heterocycles. The van der Waals surface area contributed by atoms with Crippen LogP contribution in [0.1, 0.15) is 35.1 Å². The third-order valence-corrected chi connectivity index (χ3v) is 4.45. The van der Waals surface area contributed by atoms with Crippen molar-refractivity contribution in [3.05, 3.63) is 65.1 Å². The highest BCUT2D eigenvalue weighted by molar-refractivity contribution is 6.31. The summed E-state index contributed by atoms with van der Waals surface area (Å²) in [6.45, 7) is 0. The van der Waals surface area contributed by atoms with Gasteiger partial charge in [0.15, 0.2) is 0 Å². The quantitative estimate of drug-likeness (QED) is 0.758. The van der Waals surface area contributed by atoms with Gasteiger partial charge in [0.1, 0.15) is 5.69 Å². The van der Waals surface area contributed by atoms with Crippen molar-refractivity contribution in [3.63, 3.8) is 0 Å². The largest absolute Gasteiger partial charge is 0.351 e. The fourth-order valence-corrected chi connectivity index (χ4v) is 3.05. The number of rotatable bonds is 4. The van der Waals surface area contributed by atoms with Crippen molar-refractivity contribution < 1.29 is 4.79 Å². The second-order valence-corrected chi connectivity index (χ2v) is 6.39. The van der Waals surface area contributed by atoms with E-state index in [1.807, 2.05) is 42.5 Å². The van der Waals surface area contributed by atoms with Crippen LogP contribution in [0, 0.1) is 5.92 Å². The van der Waals surface area contributed by atoms with Crippen LogP contribution >= 0.6 is 11.6 Å². The van der Waals surface area contributed by atoms with Gasteiger partial charge in [-0.05, 0) is 55.2 Å². The highest BCUT2D eigenvalue weighted by Crippen LogP contribution is 2.40. The second kappa shape index (κ2) is 5.70. The molecule has 116 valence electrons. The molecule has 1 unspecified atom stereocenters. The monoisotopic (exact) mass is 325 g/mol. The van der Waals surface area contributed by atoms with Gasteiger partial charge >= 0.3 is 0 Å². The standard InChI is InChI=1S/C18H16ClN3O/c19-13-6-7-14-12(9-13)10-16(21-14)18(23)22-17(11-4-5-11)15-3-1-2-8-20-15/h1-3,6-11,17,21H,4-5H2,(H,22,23). The molecule has 1 aromatic carbocycles. The molecule has 2 heterocycles. The van der Waals surface area contributed by atoms with Gasteiger partial charge in [0.05, 0.1) is 11.7 Å². The summed E-state index contributed by atoms with van der Waals surface area (Å²) < 4.78 is 0. The molecule has 1 atom stereocenters. The van der Waals surface area contributed by atoms with Gasteiger partial charge in [-0.25, -0.2) is 0 Å². The topological polar surface area (TPSA) is 57.8 Å². The molecule has 2 N–H and O–H groups in total. The summed E-state index contributed by atoms with van der Waals surface area (Å²) in [7, 11) is 0. The third-order valence-electron chi connectivity index (χ3n) is 4.21. The van der Waals surface area contributed by atoms with E-state index < -0.39 is 0 Å². The predicted molar refractivity (Wildman–Crippen MR) is 90.5 cm³/mol. The number of nitrogens with zero attached hydrogens (tertiary/aromatic N) is 1. The van der Waals surface area contributed by atoms with Crippen molar-refractivity contribution in [3.8, 4) is 0 Å². The van der Waals surface area contributed by atoms with E-state index in [-0.39, 0.29) is 11.9 Å². The van der Waals surface area contributed by atoms with Crippen molar-refractivity contribution in [1.29, 1.82) is 0 Å². The van der Waals surface area contributed by atoms with E-state index in [4.69, 9.17) is 11.6 Å². The lowest BCUT2D eigenvalue weighted by atomic mass is 10.1. The third kappa shape index (κ3) is 2.94. The SMILES string of the molecule is O=C(NC(c1ccccn1)C1CC1)c1cc2cc(Cl)ccc2[nH]1. The van der Waals surface area contributed by atoms with Crippen molar-refractivity contribution >= 4 is 28.4 Å². The Morgan fingerprint density at radius 1 is 1.26 bits per heavy atom. The Morgan fingerprint density at radius 2 is 2.13 bits per heavy atom. The average molecular weight is 326 g/mol. The van der Waals surface area contributed by atoms with Crippen molar-refractivity contribution in [2.24, 2.45) is 5.92 Å². The van der Waals surface area contributed by atoms with Crippen molar-refractivity contribution in [2.45, 2.75) is 18.9 Å². The molecule has 0 radical (unpaired) electrons. The molecule has 0 spiro atoms. The van der Waals surface area contributed by atoms with Crippen LogP contribution in [0.25, 0.3) is 10.9 Å². The maximum Gasteiger partial charge on any atom is 0.268 e. The van der Waals surface area contributed by atoms with E-state index in [9.17, 15) is 4.79 Å². The fraction of sp³-hybridized carbons (Fsp3) is 0.222. The zero-order valence-electron chi connectivity index (χ0n) is 12.4. The van der Waals surface area contributed by atoms with Gasteiger partial charge in [0.2, 0.25) is 0 Å². The molecule has 1 aliphatic carbocycles. The van der Waals surface area contributed by atoms with Gasteiger partial charge in [-0.1, -0.05) is 17.7 Å². The molecule has 1 fully saturated rings. The fourth-order valence-electron chi connectivity index (χ4n) is 2.87. The molecular formula is C18H16ClN3O. The average Bonchev–Trinajstić information content (AvgIpc) is 3.32.